The summed E-state index contributed by atoms with van der Waals surface area (Å²) in [6.45, 7) is 0.860. The van der Waals surface area contributed by atoms with Gasteiger partial charge in [0.05, 0.1) is 25.9 Å². The smallest absolute Gasteiger partial charge is 0.421 e. The van der Waals surface area contributed by atoms with E-state index in [1.54, 1.807) is 0 Å². The fourth-order valence-electron chi connectivity index (χ4n) is 3.00. The number of halogens is 4. The average Bonchev–Trinajstić information content (AvgIpc) is 2.73. The van der Waals surface area contributed by atoms with Gasteiger partial charge in [-0.2, -0.15) is 18.2 Å². The zero-order chi connectivity index (χ0) is 21.9. The molecule has 1 saturated heterocycles. The first kappa shape index (κ1) is 21.6. The monoisotopic (exact) mass is 429 g/mol. The number of amides is 1. The molecule has 1 aromatic carbocycles. The highest BCUT2D eigenvalue weighted by Crippen LogP contribution is 2.36. The van der Waals surface area contributed by atoms with E-state index >= 15 is 0 Å². The maximum Gasteiger partial charge on any atom is 0.421 e. The van der Waals surface area contributed by atoms with Gasteiger partial charge in [0.15, 0.2) is 0 Å². The number of rotatable bonds is 6. The van der Waals surface area contributed by atoms with Gasteiger partial charge in [-0.15, -0.1) is 0 Å². The van der Waals surface area contributed by atoms with Crippen LogP contribution in [0, 0.1) is 5.82 Å². The quantitative estimate of drug-likeness (QED) is 0.539. The first-order valence-corrected chi connectivity index (χ1v) is 8.84. The van der Waals surface area contributed by atoms with E-state index in [2.05, 4.69) is 20.6 Å². The molecule has 0 radical (unpaired) electrons. The minimum Gasteiger partial charge on any atom is -0.495 e. The molecule has 8 nitrogen and oxygen atoms in total. The van der Waals surface area contributed by atoms with E-state index < -0.39 is 29.5 Å². The van der Waals surface area contributed by atoms with Gasteiger partial charge >= 0.3 is 6.18 Å². The fourth-order valence-corrected chi connectivity index (χ4v) is 3.00. The normalized spacial score (nSPS) is 16.9. The number of hydrogen-bond acceptors (Lipinski definition) is 7. The van der Waals surface area contributed by atoms with Gasteiger partial charge < -0.3 is 25.0 Å². The molecule has 1 aliphatic rings. The summed E-state index contributed by atoms with van der Waals surface area (Å²) >= 11 is 0. The van der Waals surface area contributed by atoms with Gasteiger partial charge in [-0.3, -0.25) is 4.79 Å². The van der Waals surface area contributed by atoms with Crippen LogP contribution in [0.2, 0.25) is 0 Å². The van der Waals surface area contributed by atoms with Crippen molar-refractivity contribution in [1.82, 2.24) is 14.9 Å². The summed E-state index contributed by atoms with van der Waals surface area (Å²) in [6, 6.07) is 2.51. The molecule has 3 rings (SSSR count). The first-order chi connectivity index (χ1) is 14.3. The Kier molecular flexibility index (Phi) is 6.25. The highest BCUT2D eigenvalue weighted by atomic mass is 19.4. The van der Waals surface area contributed by atoms with Crippen LogP contribution in [0.5, 0.6) is 5.75 Å². The standard InChI is InChI=1S/C18H19F4N5O3/c1-23-16-11(18(20,21)22)7-24-17(26-16)25-13-6-12(19)10(5-14(13)29-2)15-8-27(9-28)3-4-30-15/h5-7,9,15H,3-4,8H2,1-2H3,(H2,23,24,25,26). The van der Waals surface area contributed by atoms with Gasteiger partial charge in [0.25, 0.3) is 0 Å². The lowest BCUT2D eigenvalue weighted by Crippen LogP contribution is -2.37. The van der Waals surface area contributed by atoms with Crippen molar-refractivity contribution in [2.24, 2.45) is 0 Å². The van der Waals surface area contributed by atoms with Gasteiger partial charge in [-0.25, -0.2) is 9.37 Å². The molecule has 0 aliphatic carbocycles. The van der Waals surface area contributed by atoms with Crippen LogP contribution in [0.4, 0.5) is 35.0 Å². The summed E-state index contributed by atoms with van der Waals surface area (Å²) in [6.07, 6.45) is -4.01. The zero-order valence-electron chi connectivity index (χ0n) is 16.1. The highest BCUT2D eigenvalue weighted by molar-refractivity contribution is 5.65. The molecule has 162 valence electrons. The molecule has 2 heterocycles. The van der Waals surface area contributed by atoms with Gasteiger partial charge in [0.2, 0.25) is 12.4 Å². The van der Waals surface area contributed by atoms with Crippen molar-refractivity contribution < 1.29 is 31.8 Å². The summed E-state index contributed by atoms with van der Waals surface area (Å²) in [5, 5.41) is 5.03. The summed E-state index contributed by atoms with van der Waals surface area (Å²) in [7, 11) is 2.65. The third-order valence-corrected chi connectivity index (χ3v) is 4.49. The number of alkyl halides is 3. The Morgan fingerprint density at radius 1 is 1.37 bits per heavy atom. The lowest BCUT2D eigenvalue weighted by molar-refractivity contribution is -0.137. The van der Waals surface area contributed by atoms with E-state index in [4.69, 9.17) is 9.47 Å². The molecule has 1 unspecified atom stereocenters. The van der Waals surface area contributed by atoms with Gasteiger partial charge in [0.1, 0.15) is 29.1 Å². The lowest BCUT2D eigenvalue weighted by Gasteiger charge is -2.31. The van der Waals surface area contributed by atoms with E-state index in [-0.39, 0.29) is 36.1 Å². The molecule has 0 saturated carbocycles. The number of ether oxygens (including phenoxy) is 2. The van der Waals surface area contributed by atoms with E-state index in [0.29, 0.717) is 19.2 Å². The van der Waals surface area contributed by atoms with Crippen LogP contribution in [0.25, 0.3) is 0 Å². The Bertz CT molecular complexity index is 925. The average molecular weight is 429 g/mol. The number of carbonyl (C=O) groups excluding carboxylic acids is 1. The molecule has 2 aromatic rings. The van der Waals surface area contributed by atoms with Crippen molar-refractivity contribution in [2.75, 3.05) is 44.5 Å². The van der Waals surface area contributed by atoms with Crippen LogP contribution in [-0.4, -0.2) is 55.1 Å². The van der Waals surface area contributed by atoms with Crippen LogP contribution in [0.1, 0.15) is 17.2 Å². The number of benzene rings is 1. The highest BCUT2D eigenvalue weighted by Gasteiger charge is 2.35. The summed E-state index contributed by atoms with van der Waals surface area (Å²) in [5.74, 6) is -1.05. The number of nitrogens with one attached hydrogen (secondary N) is 2. The molecule has 0 spiro atoms. The lowest BCUT2D eigenvalue weighted by atomic mass is 10.1. The molecule has 2 N–H and O–H groups in total. The molecule has 1 atom stereocenters. The Morgan fingerprint density at radius 3 is 2.77 bits per heavy atom. The number of aromatic nitrogens is 2. The van der Waals surface area contributed by atoms with Crippen molar-refractivity contribution in [3.05, 3.63) is 35.3 Å². The van der Waals surface area contributed by atoms with Crippen molar-refractivity contribution >= 4 is 23.9 Å². The second-order valence-corrected chi connectivity index (χ2v) is 6.36. The molecule has 12 heteroatoms. The minimum atomic E-state index is -4.63. The van der Waals surface area contributed by atoms with Crippen molar-refractivity contribution in [1.29, 1.82) is 0 Å². The second kappa shape index (κ2) is 8.69. The summed E-state index contributed by atoms with van der Waals surface area (Å²) in [5.41, 5.74) is -0.727. The van der Waals surface area contributed by atoms with Crippen LogP contribution < -0.4 is 15.4 Å². The van der Waals surface area contributed by atoms with Crippen molar-refractivity contribution in [3.8, 4) is 5.75 Å². The van der Waals surface area contributed by atoms with Gasteiger partial charge in [-0.05, 0) is 6.07 Å². The van der Waals surface area contributed by atoms with Gasteiger partial charge in [0, 0.05) is 31.4 Å². The van der Waals surface area contributed by atoms with Crippen molar-refractivity contribution in [3.63, 3.8) is 0 Å². The Labute approximate surface area is 169 Å². The molecule has 1 aromatic heterocycles. The van der Waals surface area contributed by atoms with Crippen molar-refractivity contribution in [2.45, 2.75) is 12.3 Å². The topological polar surface area (TPSA) is 88.6 Å². The van der Waals surface area contributed by atoms with Crippen LogP contribution in [-0.2, 0) is 15.7 Å². The minimum absolute atomic E-state index is 0.114. The third-order valence-electron chi connectivity index (χ3n) is 4.49. The third kappa shape index (κ3) is 4.53. The number of nitrogens with zero attached hydrogens (tertiary/aromatic N) is 3. The van der Waals surface area contributed by atoms with Gasteiger partial charge in [-0.1, -0.05) is 0 Å². The van der Waals surface area contributed by atoms with E-state index in [1.807, 2.05) is 0 Å². The maximum atomic E-state index is 14.8. The zero-order valence-corrected chi connectivity index (χ0v) is 16.1. The van der Waals surface area contributed by atoms with E-state index in [1.165, 1.54) is 25.1 Å². The second-order valence-electron chi connectivity index (χ2n) is 6.36. The van der Waals surface area contributed by atoms with E-state index in [0.717, 1.165) is 6.07 Å². The Hall–Kier alpha value is -3.15. The molecule has 1 aliphatic heterocycles. The number of morpholine rings is 1. The largest absolute Gasteiger partial charge is 0.495 e. The van der Waals surface area contributed by atoms with Crippen LogP contribution >= 0.6 is 0 Å². The summed E-state index contributed by atoms with van der Waals surface area (Å²) in [4.78, 5) is 19.9. The predicted molar refractivity (Wildman–Crippen MR) is 99.1 cm³/mol. The maximum absolute atomic E-state index is 14.8. The molecular weight excluding hydrogens is 410 g/mol. The number of carbonyl (C=O) groups is 1. The fraction of sp³-hybridized carbons (Fsp3) is 0.389. The van der Waals surface area contributed by atoms with E-state index in [9.17, 15) is 22.4 Å². The number of methoxy groups -OCH3 is 1. The molecular formula is C18H19F4N5O3. The molecule has 1 fully saturated rings. The first-order valence-electron chi connectivity index (χ1n) is 8.84. The molecule has 1 amide bonds. The van der Waals surface area contributed by atoms with Crippen LogP contribution in [0.3, 0.4) is 0 Å². The Balaban J connectivity index is 1.90. The molecule has 30 heavy (non-hydrogen) atoms. The molecule has 0 bridgehead atoms. The number of anilines is 3. The predicted octanol–water partition coefficient (Wildman–Crippen LogP) is 2.96. The SMILES string of the molecule is CNc1nc(Nc2cc(F)c(C3CN(C=O)CCO3)cc2OC)ncc1C(F)(F)F. The van der Waals surface area contributed by atoms with Crippen LogP contribution in [0.15, 0.2) is 18.3 Å². The Morgan fingerprint density at radius 2 is 2.13 bits per heavy atom. The summed E-state index contributed by atoms with van der Waals surface area (Å²) < 4.78 is 64.6. The number of hydrogen-bond donors (Lipinski definition) is 2.